The summed E-state index contributed by atoms with van der Waals surface area (Å²) < 4.78 is 0.398. The van der Waals surface area contributed by atoms with Gasteiger partial charge in [0.05, 0.1) is 0 Å². The third-order valence-corrected chi connectivity index (χ3v) is 1.32. The molecule has 0 unspecified atom stereocenters. The first kappa shape index (κ1) is 8.07. The van der Waals surface area contributed by atoms with Gasteiger partial charge in [-0.25, -0.2) is 0 Å². The van der Waals surface area contributed by atoms with Gasteiger partial charge in [-0.1, -0.05) is 0 Å². The van der Waals surface area contributed by atoms with E-state index in [9.17, 15) is 10.1 Å². The zero-order valence-electron chi connectivity index (χ0n) is 3.80. The minimum atomic E-state index is -0.553. The van der Waals surface area contributed by atoms with Crippen LogP contribution in [0.25, 0.3) is 0 Å². The van der Waals surface area contributed by atoms with Gasteiger partial charge in [0.15, 0.2) is 0 Å². The van der Waals surface area contributed by atoms with E-state index in [0.29, 0.717) is 3.14 Å². The zero-order chi connectivity index (χ0) is 6.73. The maximum atomic E-state index is 9.79. The molecular weight excluding hydrogens is 213 g/mol. The van der Waals surface area contributed by atoms with Crippen LogP contribution in [0.15, 0.2) is 12.3 Å². The fraction of sp³-hybridized carbons (Fsp3) is 0. The van der Waals surface area contributed by atoms with Gasteiger partial charge in [0.1, 0.15) is 0 Å². The van der Waals surface area contributed by atoms with Crippen LogP contribution in [0.2, 0.25) is 0 Å². The molecule has 8 heavy (non-hydrogen) atoms. The van der Waals surface area contributed by atoms with Crippen LogP contribution in [-0.2, 0) is 17.0 Å². The molecule has 0 aromatic rings. The van der Waals surface area contributed by atoms with Crippen LogP contribution < -0.4 is 0 Å². The summed E-state index contributed by atoms with van der Waals surface area (Å²) in [4.78, 5) is 9.23. The molecular formula is C3H2BrNO2V. The van der Waals surface area contributed by atoms with Crippen molar-refractivity contribution >= 4 is 19.1 Å². The molecule has 0 rings (SSSR count). The van der Waals surface area contributed by atoms with Crippen molar-refractivity contribution in [3.8, 4) is 0 Å². The van der Waals surface area contributed by atoms with E-state index in [1.807, 2.05) is 17.0 Å². The number of hydrogen-bond acceptors (Lipinski definition) is 2. The van der Waals surface area contributed by atoms with Crippen molar-refractivity contribution in [1.82, 2.24) is 0 Å². The molecule has 0 aliphatic rings. The number of halogens is 1. The van der Waals surface area contributed by atoms with Crippen LogP contribution in [0.1, 0.15) is 0 Å². The first-order valence-corrected chi connectivity index (χ1v) is 3.10. The second kappa shape index (κ2) is 3.17. The van der Waals surface area contributed by atoms with Crippen molar-refractivity contribution in [3.05, 3.63) is 22.4 Å². The Morgan fingerprint density at radius 3 is 2.25 bits per heavy atom. The van der Waals surface area contributed by atoms with Gasteiger partial charge in [0.2, 0.25) is 0 Å². The Bertz CT molecular complexity index is 139. The number of nitro groups is 1. The Morgan fingerprint density at radius 2 is 2.25 bits per heavy atom. The number of nitrogens with zero attached hydrogens (tertiary/aromatic N) is 1. The van der Waals surface area contributed by atoms with Crippen molar-refractivity contribution in [2.75, 3.05) is 0 Å². The van der Waals surface area contributed by atoms with E-state index in [4.69, 9.17) is 0 Å². The van der Waals surface area contributed by atoms with Crippen LogP contribution >= 0.6 is 15.9 Å². The Labute approximate surface area is 63.5 Å². The second-order valence-electron chi connectivity index (χ2n) is 0.995. The fourth-order valence-corrected chi connectivity index (χ4v) is 0.348. The summed E-state index contributed by atoms with van der Waals surface area (Å²) >= 11 is 4.88. The van der Waals surface area contributed by atoms with Gasteiger partial charge in [-0.3, -0.25) is 0 Å². The average molecular weight is 215 g/mol. The zero-order valence-corrected chi connectivity index (χ0v) is 6.78. The molecule has 0 bridgehead atoms. The molecule has 0 aliphatic heterocycles. The van der Waals surface area contributed by atoms with E-state index in [-0.39, 0.29) is 5.70 Å². The first-order chi connectivity index (χ1) is 3.55. The average Bonchev–Trinajstić information content (AvgIpc) is 1.64. The molecule has 0 aliphatic carbocycles. The van der Waals surface area contributed by atoms with E-state index in [0.717, 1.165) is 0 Å². The predicted octanol–water partition coefficient (Wildman–Crippen LogP) is 0.848. The van der Waals surface area contributed by atoms with Crippen molar-refractivity contribution < 1.29 is 21.9 Å². The molecule has 0 fully saturated rings. The summed E-state index contributed by atoms with van der Waals surface area (Å²) in [6.45, 7) is 3.16. The van der Waals surface area contributed by atoms with Crippen LogP contribution in [0.5, 0.6) is 0 Å². The molecule has 0 radical (unpaired) electrons. The monoisotopic (exact) mass is 214 g/mol. The summed E-state index contributed by atoms with van der Waals surface area (Å²) in [5, 5.41) is 9.79. The SMILES string of the molecule is C=C([C](=[V])Br)[N+](=O)[O-]. The quantitative estimate of drug-likeness (QED) is 0.506. The summed E-state index contributed by atoms with van der Waals surface area (Å²) in [6.07, 6.45) is 0. The van der Waals surface area contributed by atoms with Gasteiger partial charge in [0.25, 0.3) is 0 Å². The van der Waals surface area contributed by atoms with Gasteiger partial charge in [-0.2, -0.15) is 0 Å². The fourth-order valence-electron chi connectivity index (χ4n) is 0.0753. The van der Waals surface area contributed by atoms with Crippen molar-refractivity contribution in [1.29, 1.82) is 0 Å². The third kappa shape index (κ3) is 2.40. The molecule has 43 valence electrons. The second-order valence-corrected chi connectivity index (χ2v) is 3.47. The summed E-state index contributed by atoms with van der Waals surface area (Å²) in [5.74, 6) is 0. The Hall–Kier alpha value is 0.0744. The van der Waals surface area contributed by atoms with E-state index >= 15 is 0 Å². The van der Waals surface area contributed by atoms with E-state index in [1.54, 1.807) is 0 Å². The molecule has 0 aromatic heterocycles. The number of rotatable bonds is 2. The van der Waals surface area contributed by atoms with Gasteiger partial charge in [-0.05, 0) is 0 Å². The van der Waals surface area contributed by atoms with Crippen LogP contribution in [0.4, 0.5) is 0 Å². The van der Waals surface area contributed by atoms with Crippen LogP contribution in [-0.4, -0.2) is 8.06 Å². The van der Waals surface area contributed by atoms with E-state index in [2.05, 4.69) is 22.5 Å². The molecule has 0 amide bonds. The van der Waals surface area contributed by atoms with Crippen LogP contribution in [0, 0.1) is 10.1 Å². The normalized spacial score (nSPS) is 8.00. The van der Waals surface area contributed by atoms with Gasteiger partial charge in [0, 0.05) is 0 Å². The number of hydrogen-bond donors (Lipinski definition) is 0. The molecule has 0 N–H and O–H groups in total. The predicted molar refractivity (Wildman–Crippen MR) is 30.1 cm³/mol. The molecule has 5 heteroatoms. The minimum absolute atomic E-state index is 0.120. The number of allylic oxidation sites excluding steroid dienone is 1. The van der Waals surface area contributed by atoms with Crippen molar-refractivity contribution in [2.24, 2.45) is 0 Å². The Morgan fingerprint density at radius 1 is 1.88 bits per heavy atom. The summed E-state index contributed by atoms with van der Waals surface area (Å²) in [5.41, 5.74) is -0.120. The standard InChI is InChI=1S/C3H2BrNO2.V/c1-3(2-4)5(6)7;/h1H2;. The molecule has 0 saturated heterocycles. The molecule has 0 spiro atoms. The van der Waals surface area contributed by atoms with Crippen molar-refractivity contribution in [2.45, 2.75) is 0 Å². The van der Waals surface area contributed by atoms with Gasteiger partial charge >= 0.3 is 63.4 Å². The summed E-state index contributed by atoms with van der Waals surface area (Å²) in [6, 6.07) is 0. The van der Waals surface area contributed by atoms with E-state index < -0.39 is 4.92 Å². The third-order valence-electron chi connectivity index (χ3n) is 0.459. The molecule has 0 aromatic carbocycles. The molecule has 0 saturated carbocycles. The summed E-state index contributed by atoms with van der Waals surface area (Å²) in [7, 11) is 0. The van der Waals surface area contributed by atoms with Gasteiger partial charge in [-0.15, -0.1) is 0 Å². The molecule has 0 atom stereocenters. The van der Waals surface area contributed by atoms with E-state index in [1.165, 1.54) is 0 Å². The topological polar surface area (TPSA) is 43.1 Å². The molecule has 0 heterocycles. The Balaban J connectivity index is 4.05. The maximum absolute atomic E-state index is 9.79. The van der Waals surface area contributed by atoms with Crippen molar-refractivity contribution in [3.63, 3.8) is 0 Å². The Kier molecular flexibility index (Phi) is 3.20. The van der Waals surface area contributed by atoms with Crippen LogP contribution in [0.3, 0.4) is 0 Å². The molecule has 3 nitrogen and oxygen atoms in total. The first-order valence-electron chi connectivity index (χ1n) is 1.60. The van der Waals surface area contributed by atoms with Gasteiger partial charge < -0.3 is 0 Å².